The molecule has 0 N–H and O–H groups in total. The summed E-state index contributed by atoms with van der Waals surface area (Å²) in [5.41, 5.74) is 4.34. The monoisotopic (exact) mass is 358 g/mol. The number of benzene rings is 2. The largest absolute Gasteiger partial charge is 0.489 e. The quantitative estimate of drug-likeness (QED) is 0.455. The van der Waals surface area contributed by atoms with Crippen molar-refractivity contribution in [2.24, 2.45) is 0 Å². The Labute approximate surface area is 157 Å². The summed E-state index contributed by atoms with van der Waals surface area (Å²) in [5, 5.41) is 2.05. The fourth-order valence-electron chi connectivity index (χ4n) is 2.61. The molecule has 0 aliphatic rings. The van der Waals surface area contributed by atoms with Gasteiger partial charge in [0.1, 0.15) is 12.4 Å². The van der Waals surface area contributed by atoms with Gasteiger partial charge in [-0.1, -0.05) is 35.9 Å². The Morgan fingerprint density at radius 3 is 2.46 bits per heavy atom. The molecule has 0 fully saturated rings. The molecule has 4 rings (SSSR count). The topological polar surface area (TPSA) is 35.0 Å². The Bertz CT molecular complexity index is 978. The molecular weight excluding hydrogens is 340 g/mol. The fraction of sp³-hybridized carbons (Fsp3) is 0.0909. The molecule has 0 aliphatic heterocycles. The molecule has 0 spiro atoms. The molecule has 0 amide bonds. The van der Waals surface area contributed by atoms with E-state index in [1.165, 1.54) is 5.56 Å². The van der Waals surface area contributed by atoms with E-state index in [0.29, 0.717) is 6.61 Å². The average molecular weight is 358 g/mol. The molecule has 2 aromatic carbocycles. The lowest BCUT2D eigenvalue weighted by atomic mass is 10.1. The highest BCUT2D eigenvalue weighted by atomic mass is 32.1. The van der Waals surface area contributed by atoms with Crippen LogP contribution in [0.1, 0.15) is 11.1 Å². The van der Waals surface area contributed by atoms with Crippen LogP contribution in [-0.2, 0) is 6.61 Å². The van der Waals surface area contributed by atoms with Gasteiger partial charge in [-0.2, -0.15) is 0 Å². The molecule has 128 valence electrons. The second-order valence-electron chi connectivity index (χ2n) is 6.04. The maximum absolute atomic E-state index is 5.87. The molecule has 4 aromatic rings. The van der Waals surface area contributed by atoms with Crippen LogP contribution in [0.25, 0.3) is 22.0 Å². The maximum atomic E-state index is 5.87. The van der Waals surface area contributed by atoms with Crippen molar-refractivity contribution < 1.29 is 4.74 Å². The number of thiophene rings is 1. The molecule has 0 saturated carbocycles. The lowest BCUT2D eigenvalue weighted by Crippen LogP contribution is -1.95. The molecule has 2 aromatic heterocycles. The van der Waals surface area contributed by atoms with Gasteiger partial charge in [-0.25, -0.2) is 9.97 Å². The minimum Gasteiger partial charge on any atom is -0.489 e. The van der Waals surface area contributed by atoms with E-state index in [-0.39, 0.29) is 0 Å². The van der Waals surface area contributed by atoms with Crippen LogP contribution in [0.5, 0.6) is 5.75 Å². The summed E-state index contributed by atoms with van der Waals surface area (Å²) >= 11 is 1.68. The summed E-state index contributed by atoms with van der Waals surface area (Å²) in [6, 6.07) is 22.3. The van der Waals surface area contributed by atoms with Gasteiger partial charge in [-0.15, -0.1) is 11.3 Å². The number of aryl methyl sites for hydroxylation is 1. The third-order valence-electron chi connectivity index (χ3n) is 4.07. The number of ether oxygens (including phenoxy) is 1. The molecule has 0 saturated heterocycles. The van der Waals surface area contributed by atoms with Crippen molar-refractivity contribution in [1.82, 2.24) is 9.97 Å². The molecule has 2 heterocycles. The number of nitrogens with zero attached hydrogens (tertiary/aromatic N) is 2. The first-order chi connectivity index (χ1) is 12.8. The zero-order chi connectivity index (χ0) is 17.8. The van der Waals surface area contributed by atoms with Gasteiger partial charge in [0, 0.05) is 11.8 Å². The number of rotatable bonds is 5. The van der Waals surface area contributed by atoms with Crippen molar-refractivity contribution in [3.05, 3.63) is 89.4 Å². The molecule has 0 bridgehead atoms. The Balaban J connectivity index is 1.47. The van der Waals surface area contributed by atoms with E-state index in [4.69, 9.17) is 4.74 Å². The van der Waals surface area contributed by atoms with Gasteiger partial charge in [0.05, 0.1) is 10.6 Å². The van der Waals surface area contributed by atoms with Crippen LogP contribution in [-0.4, -0.2) is 9.97 Å². The lowest BCUT2D eigenvalue weighted by molar-refractivity contribution is 0.306. The van der Waals surface area contributed by atoms with Crippen molar-refractivity contribution in [1.29, 1.82) is 0 Å². The molecule has 3 nitrogen and oxygen atoms in total. The summed E-state index contributed by atoms with van der Waals surface area (Å²) in [4.78, 5) is 10.2. The second kappa shape index (κ2) is 7.50. The smallest absolute Gasteiger partial charge is 0.159 e. The SMILES string of the molecule is Cc1ccc(COc2ccc(-c3nccc(-c4cccs4)n3)cc2)cc1. The van der Waals surface area contributed by atoms with Crippen molar-refractivity contribution >= 4 is 11.3 Å². The highest BCUT2D eigenvalue weighted by molar-refractivity contribution is 7.13. The predicted molar refractivity (Wildman–Crippen MR) is 106 cm³/mol. The van der Waals surface area contributed by atoms with Crippen molar-refractivity contribution in [3.63, 3.8) is 0 Å². The highest BCUT2D eigenvalue weighted by Gasteiger charge is 2.06. The summed E-state index contributed by atoms with van der Waals surface area (Å²) < 4.78 is 5.87. The van der Waals surface area contributed by atoms with E-state index >= 15 is 0 Å². The van der Waals surface area contributed by atoms with Gasteiger partial charge in [0.15, 0.2) is 5.82 Å². The van der Waals surface area contributed by atoms with Crippen molar-refractivity contribution in [2.75, 3.05) is 0 Å². The minimum absolute atomic E-state index is 0.560. The Morgan fingerprint density at radius 2 is 1.73 bits per heavy atom. The second-order valence-corrected chi connectivity index (χ2v) is 6.99. The van der Waals surface area contributed by atoms with E-state index in [1.54, 1.807) is 17.5 Å². The first-order valence-corrected chi connectivity index (χ1v) is 9.31. The average Bonchev–Trinajstić information content (AvgIpc) is 3.23. The van der Waals surface area contributed by atoms with E-state index < -0.39 is 0 Å². The van der Waals surface area contributed by atoms with E-state index in [0.717, 1.165) is 33.3 Å². The Morgan fingerprint density at radius 1 is 0.923 bits per heavy atom. The summed E-state index contributed by atoms with van der Waals surface area (Å²) in [6.07, 6.45) is 1.80. The van der Waals surface area contributed by atoms with Crippen LogP contribution in [0.4, 0.5) is 0 Å². The predicted octanol–water partition coefficient (Wildman–Crippen LogP) is 5.76. The van der Waals surface area contributed by atoms with Crippen molar-refractivity contribution in [2.45, 2.75) is 13.5 Å². The van der Waals surface area contributed by atoms with Gasteiger partial charge < -0.3 is 4.74 Å². The molecule has 0 radical (unpaired) electrons. The molecule has 0 aliphatic carbocycles. The summed E-state index contributed by atoms with van der Waals surface area (Å²) in [6.45, 7) is 2.64. The zero-order valence-electron chi connectivity index (χ0n) is 14.4. The van der Waals surface area contributed by atoms with E-state index in [1.807, 2.05) is 36.4 Å². The van der Waals surface area contributed by atoms with Crippen LogP contribution < -0.4 is 4.74 Å². The first-order valence-electron chi connectivity index (χ1n) is 8.44. The van der Waals surface area contributed by atoms with Crippen LogP contribution in [0.2, 0.25) is 0 Å². The summed E-state index contributed by atoms with van der Waals surface area (Å²) in [5.74, 6) is 1.56. The molecule has 4 heteroatoms. The van der Waals surface area contributed by atoms with Gasteiger partial charge in [0.2, 0.25) is 0 Å². The van der Waals surface area contributed by atoms with Crippen LogP contribution in [0, 0.1) is 6.92 Å². The third-order valence-corrected chi connectivity index (χ3v) is 4.96. The number of aromatic nitrogens is 2. The summed E-state index contributed by atoms with van der Waals surface area (Å²) in [7, 11) is 0. The van der Waals surface area contributed by atoms with Crippen LogP contribution in [0.15, 0.2) is 78.3 Å². The lowest BCUT2D eigenvalue weighted by Gasteiger charge is -2.08. The third kappa shape index (κ3) is 3.81. The molecule has 26 heavy (non-hydrogen) atoms. The zero-order valence-corrected chi connectivity index (χ0v) is 15.2. The molecular formula is C22H18N2OS. The highest BCUT2D eigenvalue weighted by Crippen LogP contribution is 2.25. The molecule has 0 unspecified atom stereocenters. The number of hydrogen-bond acceptors (Lipinski definition) is 4. The van der Waals surface area contributed by atoms with Crippen LogP contribution >= 0.6 is 11.3 Å². The Kier molecular flexibility index (Phi) is 4.75. The number of hydrogen-bond donors (Lipinski definition) is 0. The van der Waals surface area contributed by atoms with Gasteiger partial charge in [0.25, 0.3) is 0 Å². The van der Waals surface area contributed by atoms with Gasteiger partial charge in [-0.3, -0.25) is 0 Å². The van der Waals surface area contributed by atoms with Gasteiger partial charge >= 0.3 is 0 Å². The van der Waals surface area contributed by atoms with E-state index in [9.17, 15) is 0 Å². The normalized spacial score (nSPS) is 10.7. The Hall–Kier alpha value is -2.98. The first kappa shape index (κ1) is 16.5. The van der Waals surface area contributed by atoms with E-state index in [2.05, 4.69) is 52.6 Å². The van der Waals surface area contributed by atoms with Crippen molar-refractivity contribution in [3.8, 4) is 27.7 Å². The van der Waals surface area contributed by atoms with Gasteiger partial charge in [-0.05, 0) is 54.3 Å². The maximum Gasteiger partial charge on any atom is 0.159 e. The fourth-order valence-corrected chi connectivity index (χ4v) is 3.31. The van der Waals surface area contributed by atoms with Crippen LogP contribution in [0.3, 0.4) is 0 Å². The standard InChI is InChI=1S/C22H18N2OS/c1-16-4-6-17(7-5-16)15-25-19-10-8-18(9-11-19)22-23-13-12-20(24-22)21-3-2-14-26-21/h2-14H,15H2,1H3. The molecule has 0 atom stereocenters. The minimum atomic E-state index is 0.560.